The van der Waals surface area contributed by atoms with Gasteiger partial charge in [-0.15, -0.1) is 0 Å². The molecular weight excluding hydrogens is 402 g/mol. The lowest BCUT2D eigenvalue weighted by Gasteiger charge is -2.27. The number of ether oxygens (including phenoxy) is 1. The van der Waals surface area contributed by atoms with Gasteiger partial charge in [-0.3, -0.25) is 14.5 Å². The van der Waals surface area contributed by atoms with E-state index in [4.69, 9.17) is 4.74 Å². The maximum Gasteiger partial charge on any atom is 0.300 e. The van der Waals surface area contributed by atoms with Gasteiger partial charge in [0.1, 0.15) is 11.5 Å². The summed E-state index contributed by atoms with van der Waals surface area (Å²) in [4.78, 5) is 27.9. The smallest absolute Gasteiger partial charge is 0.300 e. The molecule has 0 spiro atoms. The van der Waals surface area contributed by atoms with E-state index >= 15 is 0 Å². The molecule has 0 aromatic heterocycles. The van der Waals surface area contributed by atoms with E-state index < -0.39 is 17.7 Å². The van der Waals surface area contributed by atoms with E-state index in [-0.39, 0.29) is 11.3 Å². The summed E-state index contributed by atoms with van der Waals surface area (Å²) < 4.78 is 5.60. The highest BCUT2D eigenvalue weighted by Gasteiger charge is 2.47. The van der Waals surface area contributed by atoms with Gasteiger partial charge >= 0.3 is 0 Å². The first kappa shape index (κ1) is 21.4. The van der Waals surface area contributed by atoms with Crippen molar-refractivity contribution in [3.8, 4) is 5.75 Å². The van der Waals surface area contributed by atoms with Crippen molar-refractivity contribution in [1.29, 1.82) is 0 Å². The average Bonchev–Trinajstić information content (AvgIpc) is 3.05. The molecule has 5 nitrogen and oxygen atoms in total. The molecule has 1 aliphatic heterocycles. The second-order valence-corrected chi connectivity index (χ2v) is 7.82. The highest BCUT2D eigenvalue weighted by Crippen LogP contribution is 2.43. The van der Waals surface area contributed by atoms with Gasteiger partial charge in [0.05, 0.1) is 18.2 Å². The summed E-state index contributed by atoms with van der Waals surface area (Å²) >= 11 is 0. The number of anilines is 1. The summed E-state index contributed by atoms with van der Waals surface area (Å²) in [5.74, 6) is -0.965. The molecule has 0 aliphatic carbocycles. The predicted octanol–water partition coefficient (Wildman–Crippen LogP) is 5.33. The maximum atomic E-state index is 13.3. The summed E-state index contributed by atoms with van der Waals surface area (Å²) in [7, 11) is 0. The molecule has 3 aromatic carbocycles. The largest absolute Gasteiger partial charge is 0.507 e. The number of ketones is 1. The van der Waals surface area contributed by atoms with Crippen molar-refractivity contribution in [2.75, 3.05) is 11.5 Å². The molecule has 0 radical (unpaired) electrons. The molecule has 1 aliphatic rings. The third-order valence-corrected chi connectivity index (χ3v) is 5.66. The number of benzene rings is 3. The number of carbonyl (C=O) groups is 2. The van der Waals surface area contributed by atoms with Crippen molar-refractivity contribution < 1.29 is 19.4 Å². The number of hydrogen-bond acceptors (Lipinski definition) is 4. The van der Waals surface area contributed by atoms with E-state index in [0.29, 0.717) is 23.6 Å². The fourth-order valence-electron chi connectivity index (χ4n) is 4.04. The first-order valence-electron chi connectivity index (χ1n) is 10.6. The predicted molar refractivity (Wildman–Crippen MR) is 125 cm³/mol. The fourth-order valence-corrected chi connectivity index (χ4v) is 4.04. The molecule has 5 heteroatoms. The first-order chi connectivity index (χ1) is 15.4. The Hall–Kier alpha value is -3.86. The molecular formula is C27H25NO4. The van der Waals surface area contributed by atoms with E-state index in [2.05, 4.69) is 0 Å². The van der Waals surface area contributed by atoms with Gasteiger partial charge in [-0.1, -0.05) is 60.2 Å². The summed E-state index contributed by atoms with van der Waals surface area (Å²) in [6.07, 6.45) is 0. The van der Waals surface area contributed by atoms with Gasteiger partial charge in [-0.2, -0.15) is 0 Å². The standard InChI is InChI=1S/C27H25NO4/c1-4-32-21-10-7-9-20(16-21)28-24(22-11-6-5-8-18(22)3)23(26(30)27(28)31)25(29)19-14-12-17(2)13-15-19/h5-16,24,29H,4H2,1-3H3/b25-23+. The fraction of sp³-hybridized carbons (Fsp3) is 0.185. The van der Waals surface area contributed by atoms with Crippen molar-refractivity contribution >= 4 is 23.1 Å². The van der Waals surface area contributed by atoms with Crippen molar-refractivity contribution in [2.24, 2.45) is 0 Å². The zero-order valence-corrected chi connectivity index (χ0v) is 18.3. The number of carbonyl (C=O) groups excluding carboxylic acids is 2. The van der Waals surface area contributed by atoms with E-state index in [9.17, 15) is 14.7 Å². The van der Waals surface area contributed by atoms with Crippen LogP contribution in [-0.2, 0) is 9.59 Å². The number of nitrogens with zero attached hydrogens (tertiary/aromatic N) is 1. The van der Waals surface area contributed by atoms with Crippen molar-refractivity contribution in [3.63, 3.8) is 0 Å². The van der Waals surface area contributed by atoms with E-state index in [0.717, 1.165) is 16.7 Å². The quantitative estimate of drug-likeness (QED) is 0.340. The minimum Gasteiger partial charge on any atom is -0.507 e. The minimum atomic E-state index is -0.755. The van der Waals surface area contributed by atoms with Crippen molar-refractivity contribution in [1.82, 2.24) is 0 Å². The first-order valence-corrected chi connectivity index (χ1v) is 10.6. The van der Waals surface area contributed by atoms with Crippen LogP contribution in [-0.4, -0.2) is 23.4 Å². The number of hydrogen-bond donors (Lipinski definition) is 1. The Morgan fingerprint density at radius 1 is 0.969 bits per heavy atom. The Labute approximate surface area is 187 Å². The minimum absolute atomic E-state index is 0.0787. The molecule has 1 unspecified atom stereocenters. The van der Waals surface area contributed by atoms with Crippen LogP contribution in [0, 0.1) is 13.8 Å². The number of Topliss-reactive ketones (excluding diaryl/α,β-unsaturated/α-hetero) is 1. The van der Waals surface area contributed by atoms with Gasteiger partial charge in [0.25, 0.3) is 11.7 Å². The van der Waals surface area contributed by atoms with Gasteiger partial charge in [0.2, 0.25) is 0 Å². The lowest BCUT2D eigenvalue weighted by Crippen LogP contribution is -2.29. The van der Waals surface area contributed by atoms with Gasteiger partial charge in [-0.25, -0.2) is 0 Å². The van der Waals surface area contributed by atoms with Gasteiger partial charge in [0.15, 0.2) is 0 Å². The Bertz CT molecular complexity index is 1210. The normalized spacial score (nSPS) is 17.6. The summed E-state index contributed by atoms with van der Waals surface area (Å²) in [6, 6.07) is 21.2. The SMILES string of the molecule is CCOc1cccc(N2C(=O)C(=O)/C(=C(/O)c3ccc(C)cc3)C2c2ccccc2C)c1. The van der Waals surface area contributed by atoms with Gasteiger partial charge in [0, 0.05) is 17.3 Å². The summed E-state index contributed by atoms with van der Waals surface area (Å²) in [6.45, 7) is 6.24. The Morgan fingerprint density at radius 3 is 2.38 bits per heavy atom. The number of amides is 1. The molecule has 1 atom stereocenters. The van der Waals surface area contributed by atoms with Crippen molar-refractivity contribution in [2.45, 2.75) is 26.8 Å². The van der Waals surface area contributed by atoms with Crippen LogP contribution in [0.15, 0.2) is 78.4 Å². The van der Waals surface area contributed by atoms with Crippen LogP contribution >= 0.6 is 0 Å². The third-order valence-electron chi connectivity index (χ3n) is 5.66. The van der Waals surface area contributed by atoms with Crippen LogP contribution in [0.4, 0.5) is 5.69 Å². The second kappa shape index (κ2) is 8.71. The summed E-state index contributed by atoms with van der Waals surface area (Å²) in [5, 5.41) is 11.2. The van der Waals surface area contributed by atoms with E-state index in [1.165, 1.54) is 4.90 Å². The second-order valence-electron chi connectivity index (χ2n) is 7.82. The highest BCUT2D eigenvalue weighted by atomic mass is 16.5. The monoisotopic (exact) mass is 427 g/mol. The lowest BCUT2D eigenvalue weighted by molar-refractivity contribution is -0.132. The number of aryl methyl sites for hydroxylation is 2. The van der Waals surface area contributed by atoms with Gasteiger partial charge in [-0.05, 0) is 44.0 Å². The molecule has 3 aromatic rings. The Kier molecular flexibility index (Phi) is 5.82. The zero-order valence-electron chi connectivity index (χ0n) is 18.3. The Morgan fingerprint density at radius 2 is 1.69 bits per heavy atom. The molecule has 0 saturated carbocycles. The third kappa shape index (κ3) is 3.78. The molecule has 1 heterocycles. The Balaban J connectivity index is 1.94. The number of aliphatic hydroxyl groups is 1. The highest BCUT2D eigenvalue weighted by molar-refractivity contribution is 6.51. The van der Waals surface area contributed by atoms with E-state index in [1.54, 1.807) is 36.4 Å². The molecule has 1 fully saturated rings. The molecule has 162 valence electrons. The zero-order chi connectivity index (χ0) is 22.8. The molecule has 1 saturated heterocycles. The average molecular weight is 428 g/mol. The molecule has 1 amide bonds. The number of rotatable bonds is 5. The van der Waals surface area contributed by atoms with Crippen LogP contribution in [0.3, 0.4) is 0 Å². The van der Waals surface area contributed by atoms with Crippen LogP contribution < -0.4 is 9.64 Å². The van der Waals surface area contributed by atoms with Crippen LogP contribution in [0.25, 0.3) is 5.76 Å². The van der Waals surface area contributed by atoms with Crippen LogP contribution in [0.5, 0.6) is 5.75 Å². The molecule has 4 rings (SSSR count). The molecule has 1 N–H and O–H groups in total. The van der Waals surface area contributed by atoms with Crippen LogP contribution in [0.2, 0.25) is 0 Å². The lowest BCUT2D eigenvalue weighted by atomic mass is 9.92. The summed E-state index contributed by atoms with van der Waals surface area (Å²) in [5.41, 5.74) is 3.84. The topological polar surface area (TPSA) is 66.8 Å². The van der Waals surface area contributed by atoms with Crippen LogP contribution in [0.1, 0.15) is 35.2 Å². The molecule has 32 heavy (non-hydrogen) atoms. The van der Waals surface area contributed by atoms with Gasteiger partial charge < -0.3 is 9.84 Å². The molecule has 0 bridgehead atoms. The number of aliphatic hydroxyl groups excluding tert-OH is 1. The van der Waals surface area contributed by atoms with E-state index in [1.807, 2.05) is 57.2 Å². The van der Waals surface area contributed by atoms with Crippen molar-refractivity contribution in [3.05, 3.63) is 101 Å². The maximum absolute atomic E-state index is 13.3.